The average molecular weight is 260 g/mol. The second-order valence-electron chi connectivity index (χ2n) is 6.05. The number of para-hydroxylation sites is 1. The van der Waals surface area contributed by atoms with Gasteiger partial charge < -0.3 is 15.7 Å². The van der Waals surface area contributed by atoms with Crippen molar-refractivity contribution in [2.24, 2.45) is 11.7 Å². The Morgan fingerprint density at radius 3 is 3.05 bits per heavy atom. The number of hydrogen-bond acceptors (Lipinski definition) is 3. The summed E-state index contributed by atoms with van der Waals surface area (Å²) in [5.74, 6) is 0.380. The van der Waals surface area contributed by atoms with Gasteiger partial charge in [0.1, 0.15) is 0 Å². The van der Waals surface area contributed by atoms with Crippen LogP contribution in [0.1, 0.15) is 31.2 Å². The summed E-state index contributed by atoms with van der Waals surface area (Å²) in [7, 11) is 0. The van der Waals surface area contributed by atoms with Crippen LogP contribution in [0.2, 0.25) is 0 Å². The van der Waals surface area contributed by atoms with E-state index in [1.165, 1.54) is 11.3 Å². The normalized spacial score (nSPS) is 29.8. The van der Waals surface area contributed by atoms with E-state index in [1.807, 2.05) is 0 Å². The maximum Gasteiger partial charge on any atom is 0.0798 e. The zero-order valence-electron chi connectivity index (χ0n) is 11.5. The lowest BCUT2D eigenvalue weighted by atomic mass is 9.88. The highest BCUT2D eigenvalue weighted by atomic mass is 16.3. The number of rotatable bonds is 4. The predicted molar refractivity (Wildman–Crippen MR) is 78.3 cm³/mol. The maximum atomic E-state index is 10.5. The average Bonchev–Trinajstić information content (AvgIpc) is 3.01. The highest BCUT2D eigenvalue weighted by Crippen LogP contribution is 2.38. The summed E-state index contributed by atoms with van der Waals surface area (Å²) in [6.45, 7) is 2.57. The van der Waals surface area contributed by atoms with Crippen LogP contribution in [-0.2, 0) is 6.42 Å². The first-order valence-corrected chi connectivity index (χ1v) is 7.48. The van der Waals surface area contributed by atoms with Crippen LogP contribution in [0, 0.1) is 5.92 Å². The van der Waals surface area contributed by atoms with Gasteiger partial charge in [0.25, 0.3) is 0 Å². The molecule has 1 fully saturated rings. The Hall–Kier alpha value is -1.06. The third-order valence-electron chi connectivity index (χ3n) is 5.01. The fourth-order valence-corrected chi connectivity index (χ4v) is 3.76. The summed E-state index contributed by atoms with van der Waals surface area (Å²) >= 11 is 0. The van der Waals surface area contributed by atoms with Crippen molar-refractivity contribution in [2.45, 2.75) is 37.7 Å². The topological polar surface area (TPSA) is 49.5 Å². The molecule has 1 aliphatic heterocycles. The monoisotopic (exact) mass is 260 g/mol. The van der Waals surface area contributed by atoms with Crippen molar-refractivity contribution in [3.8, 4) is 0 Å². The van der Waals surface area contributed by atoms with Gasteiger partial charge in [0, 0.05) is 25.3 Å². The molecule has 0 bridgehead atoms. The summed E-state index contributed by atoms with van der Waals surface area (Å²) in [4.78, 5) is 2.46. The van der Waals surface area contributed by atoms with E-state index in [0.29, 0.717) is 12.5 Å². The molecule has 0 spiro atoms. The molecule has 3 nitrogen and oxygen atoms in total. The quantitative estimate of drug-likeness (QED) is 0.869. The molecule has 2 atom stereocenters. The molecule has 0 amide bonds. The summed E-state index contributed by atoms with van der Waals surface area (Å²) in [6.07, 6.45) is 5.34. The van der Waals surface area contributed by atoms with Crippen molar-refractivity contribution in [2.75, 3.05) is 24.5 Å². The van der Waals surface area contributed by atoms with Crippen LogP contribution in [0.3, 0.4) is 0 Å². The number of hydrogen-bond donors (Lipinski definition) is 2. The van der Waals surface area contributed by atoms with Crippen LogP contribution >= 0.6 is 0 Å². The van der Waals surface area contributed by atoms with Crippen LogP contribution < -0.4 is 10.6 Å². The first-order valence-electron chi connectivity index (χ1n) is 7.48. The fraction of sp³-hybridized carbons (Fsp3) is 0.625. The molecule has 19 heavy (non-hydrogen) atoms. The van der Waals surface area contributed by atoms with E-state index < -0.39 is 5.60 Å². The van der Waals surface area contributed by atoms with E-state index in [9.17, 15) is 5.11 Å². The number of nitrogens with zero attached hydrogens (tertiary/aromatic N) is 1. The lowest BCUT2D eigenvalue weighted by Crippen LogP contribution is -2.42. The highest BCUT2D eigenvalue weighted by Gasteiger charge is 2.39. The molecule has 2 unspecified atom stereocenters. The Morgan fingerprint density at radius 2 is 2.21 bits per heavy atom. The van der Waals surface area contributed by atoms with Gasteiger partial charge in [-0.3, -0.25) is 0 Å². The number of benzene rings is 1. The molecule has 0 aromatic heterocycles. The van der Waals surface area contributed by atoms with Crippen LogP contribution in [-0.4, -0.2) is 30.3 Å². The summed E-state index contributed by atoms with van der Waals surface area (Å²) in [5.41, 5.74) is 8.00. The van der Waals surface area contributed by atoms with Gasteiger partial charge in [0.15, 0.2) is 0 Å². The van der Waals surface area contributed by atoms with Gasteiger partial charge in [-0.25, -0.2) is 0 Å². The van der Waals surface area contributed by atoms with Gasteiger partial charge in [0.05, 0.1) is 5.60 Å². The zero-order chi connectivity index (χ0) is 13.3. The standard InChI is InChI=1S/C16H24N2O/c17-12-16(19)9-3-5-14(16)8-11-18-10-7-13-4-1-2-6-15(13)18/h1-2,4,6,14,19H,3,5,7-12,17H2. The first kappa shape index (κ1) is 12.9. The second kappa shape index (κ2) is 5.14. The smallest absolute Gasteiger partial charge is 0.0798 e. The van der Waals surface area contributed by atoms with Gasteiger partial charge in [-0.05, 0) is 43.2 Å². The minimum atomic E-state index is -0.598. The van der Waals surface area contributed by atoms with Gasteiger partial charge in [-0.2, -0.15) is 0 Å². The molecule has 1 aromatic rings. The Labute approximate surface area is 115 Å². The van der Waals surface area contributed by atoms with Crippen molar-refractivity contribution >= 4 is 5.69 Å². The molecule has 1 aliphatic carbocycles. The Balaban J connectivity index is 1.62. The largest absolute Gasteiger partial charge is 0.388 e. The van der Waals surface area contributed by atoms with E-state index in [2.05, 4.69) is 29.2 Å². The summed E-state index contributed by atoms with van der Waals surface area (Å²) in [6, 6.07) is 8.67. The van der Waals surface area contributed by atoms with Crippen LogP contribution in [0.4, 0.5) is 5.69 Å². The summed E-state index contributed by atoms with van der Waals surface area (Å²) < 4.78 is 0. The molecule has 0 saturated heterocycles. The molecule has 3 heteroatoms. The third-order valence-corrected chi connectivity index (χ3v) is 5.01. The van der Waals surface area contributed by atoms with Crippen LogP contribution in [0.25, 0.3) is 0 Å². The van der Waals surface area contributed by atoms with E-state index in [-0.39, 0.29) is 0 Å². The van der Waals surface area contributed by atoms with E-state index in [4.69, 9.17) is 5.73 Å². The zero-order valence-corrected chi connectivity index (χ0v) is 11.5. The van der Waals surface area contributed by atoms with Gasteiger partial charge in [0.2, 0.25) is 0 Å². The van der Waals surface area contributed by atoms with E-state index >= 15 is 0 Å². The minimum absolute atomic E-state index is 0.380. The highest BCUT2D eigenvalue weighted by molar-refractivity contribution is 5.57. The first-order chi connectivity index (χ1) is 9.23. The molecule has 1 aromatic carbocycles. The molecule has 3 rings (SSSR count). The second-order valence-corrected chi connectivity index (χ2v) is 6.05. The minimum Gasteiger partial charge on any atom is -0.388 e. The summed E-state index contributed by atoms with van der Waals surface area (Å²) in [5, 5.41) is 10.5. The Kier molecular flexibility index (Phi) is 3.50. The lowest BCUT2D eigenvalue weighted by Gasteiger charge is -2.30. The SMILES string of the molecule is NCC1(O)CCCC1CCN1CCc2ccccc21. The number of nitrogens with two attached hydrogens (primary N) is 1. The fourth-order valence-electron chi connectivity index (χ4n) is 3.76. The maximum absolute atomic E-state index is 10.5. The van der Waals surface area contributed by atoms with Gasteiger partial charge >= 0.3 is 0 Å². The van der Waals surface area contributed by atoms with Crippen molar-refractivity contribution in [3.63, 3.8) is 0 Å². The molecule has 1 saturated carbocycles. The van der Waals surface area contributed by atoms with Crippen molar-refractivity contribution < 1.29 is 5.11 Å². The molecule has 2 aliphatic rings. The van der Waals surface area contributed by atoms with E-state index in [1.54, 1.807) is 0 Å². The van der Waals surface area contributed by atoms with Crippen LogP contribution in [0.15, 0.2) is 24.3 Å². The van der Waals surface area contributed by atoms with Gasteiger partial charge in [-0.15, -0.1) is 0 Å². The Morgan fingerprint density at radius 1 is 1.37 bits per heavy atom. The molecule has 104 valence electrons. The molecular weight excluding hydrogens is 236 g/mol. The lowest BCUT2D eigenvalue weighted by molar-refractivity contribution is 0.00890. The van der Waals surface area contributed by atoms with Gasteiger partial charge in [-0.1, -0.05) is 24.6 Å². The van der Waals surface area contributed by atoms with Crippen molar-refractivity contribution in [3.05, 3.63) is 29.8 Å². The molecule has 0 radical (unpaired) electrons. The number of aliphatic hydroxyl groups is 1. The number of anilines is 1. The van der Waals surface area contributed by atoms with Crippen molar-refractivity contribution in [1.29, 1.82) is 0 Å². The predicted octanol–water partition coefficient (Wildman–Crippen LogP) is 1.93. The van der Waals surface area contributed by atoms with Crippen molar-refractivity contribution in [1.82, 2.24) is 0 Å². The van der Waals surface area contributed by atoms with Crippen LogP contribution in [0.5, 0.6) is 0 Å². The van der Waals surface area contributed by atoms with E-state index in [0.717, 1.165) is 45.2 Å². The molecule has 3 N–H and O–H groups in total. The number of fused-ring (bicyclic) bond motifs is 1. The third kappa shape index (κ3) is 2.37. The molecular formula is C16H24N2O. The molecule has 1 heterocycles. The Bertz CT molecular complexity index is 448.